The number of methoxy groups -OCH3 is 1. The van der Waals surface area contributed by atoms with Crippen molar-refractivity contribution in [2.24, 2.45) is 0 Å². The second-order valence-electron chi connectivity index (χ2n) is 7.86. The van der Waals surface area contributed by atoms with Gasteiger partial charge in [0.15, 0.2) is 0 Å². The van der Waals surface area contributed by atoms with Gasteiger partial charge in [0.2, 0.25) is 5.88 Å². The summed E-state index contributed by atoms with van der Waals surface area (Å²) in [7, 11) is 1.35. The van der Waals surface area contributed by atoms with Gasteiger partial charge in [0.25, 0.3) is 0 Å². The van der Waals surface area contributed by atoms with Crippen molar-refractivity contribution in [3.8, 4) is 5.88 Å². The summed E-state index contributed by atoms with van der Waals surface area (Å²) in [5.74, 6) is 0.0734. The predicted molar refractivity (Wildman–Crippen MR) is 112 cm³/mol. The van der Waals surface area contributed by atoms with Gasteiger partial charge in [-0.25, -0.2) is 14.2 Å². The van der Waals surface area contributed by atoms with Crippen LogP contribution in [0.5, 0.6) is 5.88 Å². The maximum atomic E-state index is 14.3. The number of halogens is 1. The second-order valence-corrected chi connectivity index (χ2v) is 7.86. The highest BCUT2D eigenvalue weighted by atomic mass is 19.1. The Bertz CT molecular complexity index is 900. The standard InChI is InChI=1S/C21H28FN5O4/c1-13-16(22)11-18-20(24-13)31-10-7-27(18)19(23)15-12-26(21(28)29-2)6-3-17(15)25-14-4-8-30-9-5-14/h11,14,23,25H,3-10,12H2,1-2H3. The first-order chi connectivity index (χ1) is 15.0. The predicted octanol–water partition coefficient (Wildman–Crippen LogP) is 2.20. The number of carbonyl (C=O) groups is 1. The van der Waals surface area contributed by atoms with Gasteiger partial charge in [0.1, 0.15) is 23.9 Å². The van der Waals surface area contributed by atoms with Crippen molar-refractivity contribution < 1.29 is 23.4 Å². The molecule has 0 aliphatic carbocycles. The monoisotopic (exact) mass is 433 g/mol. The number of pyridine rings is 1. The summed E-state index contributed by atoms with van der Waals surface area (Å²) in [4.78, 5) is 19.6. The Kier molecular flexibility index (Phi) is 6.26. The zero-order valence-corrected chi connectivity index (χ0v) is 17.9. The van der Waals surface area contributed by atoms with Crippen LogP contribution >= 0.6 is 0 Å². The van der Waals surface area contributed by atoms with E-state index in [4.69, 9.17) is 19.6 Å². The van der Waals surface area contributed by atoms with Crippen molar-refractivity contribution in [1.29, 1.82) is 5.41 Å². The van der Waals surface area contributed by atoms with Gasteiger partial charge in [-0.1, -0.05) is 0 Å². The molecule has 0 saturated carbocycles. The first-order valence-electron chi connectivity index (χ1n) is 10.5. The molecule has 0 atom stereocenters. The molecule has 0 radical (unpaired) electrons. The Morgan fingerprint density at radius 1 is 1.32 bits per heavy atom. The Morgan fingerprint density at radius 3 is 2.84 bits per heavy atom. The van der Waals surface area contributed by atoms with Crippen molar-refractivity contribution in [2.45, 2.75) is 32.2 Å². The van der Waals surface area contributed by atoms with E-state index in [9.17, 15) is 9.18 Å². The number of amides is 1. The molecule has 0 spiro atoms. The molecule has 0 unspecified atom stereocenters. The minimum atomic E-state index is -0.448. The highest BCUT2D eigenvalue weighted by molar-refractivity contribution is 6.09. The number of anilines is 1. The highest BCUT2D eigenvalue weighted by Gasteiger charge is 2.32. The molecule has 1 saturated heterocycles. The molecule has 1 amide bonds. The highest BCUT2D eigenvalue weighted by Crippen LogP contribution is 2.33. The van der Waals surface area contributed by atoms with Crippen LogP contribution in [0.4, 0.5) is 14.9 Å². The topological polar surface area (TPSA) is 100 Å². The Hall–Kier alpha value is -2.88. The molecule has 168 valence electrons. The first kappa shape index (κ1) is 21.4. The molecule has 31 heavy (non-hydrogen) atoms. The van der Waals surface area contributed by atoms with Crippen molar-refractivity contribution in [3.63, 3.8) is 0 Å². The van der Waals surface area contributed by atoms with E-state index in [1.165, 1.54) is 13.2 Å². The van der Waals surface area contributed by atoms with Crippen molar-refractivity contribution in [1.82, 2.24) is 15.2 Å². The minimum Gasteiger partial charge on any atom is -0.474 e. The van der Waals surface area contributed by atoms with E-state index in [1.807, 2.05) is 0 Å². The van der Waals surface area contributed by atoms with E-state index in [1.54, 1.807) is 16.7 Å². The molecule has 3 aliphatic rings. The zero-order valence-electron chi connectivity index (χ0n) is 17.9. The third kappa shape index (κ3) is 4.43. The van der Waals surface area contributed by atoms with Crippen molar-refractivity contribution in [2.75, 3.05) is 51.5 Å². The molecule has 4 rings (SSSR count). The van der Waals surface area contributed by atoms with Crippen LogP contribution in [0.25, 0.3) is 0 Å². The maximum Gasteiger partial charge on any atom is 0.409 e. The molecule has 0 aromatic carbocycles. The second kappa shape index (κ2) is 9.09. The molecule has 2 N–H and O–H groups in total. The van der Waals surface area contributed by atoms with Gasteiger partial charge in [-0.2, -0.15) is 0 Å². The summed E-state index contributed by atoms with van der Waals surface area (Å²) in [6, 6.07) is 1.62. The van der Waals surface area contributed by atoms with Gasteiger partial charge < -0.3 is 29.3 Å². The van der Waals surface area contributed by atoms with Gasteiger partial charge >= 0.3 is 6.09 Å². The van der Waals surface area contributed by atoms with E-state index in [-0.39, 0.29) is 24.1 Å². The molecule has 10 heteroatoms. The number of hydrogen-bond donors (Lipinski definition) is 2. The Labute approximate surface area is 180 Å². The Morgan fingerprint density at radius 2 is 2.10 bits per heavy atom. The van der Waals surface area contributed by atoms with Crippen molar-refractivity contribution >= 4 is 17.6 Å². The number of aromatic nitrogens is 1. The summed E-state index contributed by atoms with van der Waals surface area (Å²) < 4.78 is 30.2. The summed E-state index contributed by atoms with van der Waals surface area (Å²) >= 11 is 0. The number of nitrogens with one attached hydrogen (secondary N) is 2. The van der Waals surface area contributed by atoms with Crippen LogP contribution < -0.4 is 15.0 Å². The molecule has 4 heterocycles. The van der Waals surface area contributed by atoms with Crippen LogP contribution in [0, 0.1) is 18.2 Å². The molecule has 1 aromatic rings. The summed E-state index contributed by atoms with van der Waals surface area (Å²) in [5.41, 5.74) is 2.30. The molecular formula is C21H28FN5O4. The number of carbonyl (C=O) groups excluding carboxylic acids is 1. The number of ether oxygens (including phenoxy) is 3. The summed E-state index contributed by atoms with van der Waals surface area (Å²) in [5, 5.41) is 12.6. The lowest BCUT2D eigenvalue weighted by atomic mass is 10.0. The number of nitrogens with zero attached hydrogens (tertiary/aromatic N) is 3. The van der Waals surface area contributed by atoms with Gasteiger partial charge in [-0.3, -0.25) is 5.41 Å². The lowest BCUT2D eigenvalue weighted by Crippen LogP contribution is -2.47. The van der Waals surface area contributed by atoms with Crippen LogP contribution in [-0.4, -0.2) is 74.4 Å². The molecule has 3 aliphatic heterocycles. The normalized spacial score (nSPS) is 19.6. The van der Waals surface area contributed by atoms with Gasteiger partial charge in [-0.05, 0) is 19.8 Å². The maximum absolute atomic E-state index is 14.3. The fraction of sp³-hybridized carbons (Fsp3) is 0.571. The minimum absolute atomic E-state index is 0.206. The third-order valence-electron chi connectivity index (χ3n) is 5.88. The third-order valence-corrected chi connectivity index (χ3v) is 5.88. The molecular weight excluding hydrogens is 405 g/mol. The van der Waals surface area contributed by atoms with Crippen molar-refractivity contribution in [3.05, 3.63) is 28.8 Å². The van der Waals surface area contributed by atoms with E-state index >= 15 is 0 Å². The SMILES string of the molecule is COC(=O)N1CCC(NC2CCOCC2)=C(C(=N)N2CCOc3nc(C)c(F)cc32)C1. The smallest absolute Gasteiger partial charge is 0.409 e. The van der Waals surface area contributed by atoms with E-state index in [2.05, 4.69) is 10.3 Å². The summed E-state index contributed by atoms with van der Waals surface area (Å²) in [6.07, 6.45) is 1.93. The molecule has 1 fully saturated rings. The summed E-state index contributed by atoms with van der Waals surface area (Å²) in [6.45, 7) is 4.46. The largest absolute Gasteiger partial charge is 0.474 e. The molecule has 1 aromatic heterocycles. The van der Waals surface area contributed by atoms with Crippen LogP contribution in [0.3, 0.4) is 0 Å². The van der Waals surface area contributed by atoms with Gasteiger partial charge in [0, 0.05) is 49.6 Å². The first-order valence-corrected chi connectivity index (χ1v) is 10.5. The Balaban J connectivity index is 1.66. The van der Waals surface area contributed by atoms with Crippen LogP contribution in [-0.2, 0) is 9.47 Å². The van der Waals surface area contributed by atoms with Crippen LogP contribution in [0.15, 0.2) is 17.3 Å². The number of fused-ring (bicyclic) bond motifs is 1. The van der Waals surface area contributed by atoms with E-state index < -0.39 is 11.9 Å². The molecule has 9 nitrogen and oxygen atoms in total. The lowest BCUT2D eigenvalue weighted by molar-refractivity contribution is 0.0796. The average Bonchev–Trinajstić information content (AvgIpc) is 2.79. The number of rotatable bonds is 3. The molecule has 0 bridgehead atoms. The van der Waals surface area contributed by atoms with Crippen LogP contribution in [0.2, 0.25) is 0 Å². The zero-order chi connectivity index (χ0) is 22.0. The quantitative estimate of drug-likeness (QED) is 0.557. The van der Waals surface area contributed by atoms with E-state index in [0.717, 1.165) is 18.5 Å². The number of amidine groups is 1. The fourth-order valence-electron chi connectivity index (χ4n) is 4.11. The average molecular weight is 433 g/mol. The van der Waals surface area contributed by atoms with Gasteiger partial charge in [-0.15, -0.1) is 0 Å². The van der Waals surface area contributed by atoms with Crippen LogP contribution in [0.1, 0.15) is 25.0 Å². The lowest BCUT2D eigenvalue weighted by Gasteiger charge is -2.37. The number of aryl methyl sites for hydroxylation is 1. The van der Waals surface area contributed by atoms with Gasteiger partial charge in [0.05, 0.1) is 25.9 Å². The number of hydrogen-bond acceptors (Lipinski definition) is 7. The van der Waals surface area contributed by atoms with E-state index in [0.29, 0.717) is 56.5 Å². The fourth-order valence-corrected chi connectivity index (χ4v) is 4.11.